The van der Waals surface area contributed by atoms with Crippen LogP contribution in [0.4, 0.5) is 4.39 Å². The first kappa shape index (κ1) is 20.0. The summed E-state index contributed by atoms with van der Waals surface area (Å²) >= 11 is 8.22. The Morgan fingerprint density at radius 3 is 2.79 bits per heavy atom. The zero-order valence-corrected chi connectivity index (χ0v) is 17.7. The Labute approximate surface area is 177 Å². The molecule has 0 spiro atoms. The molecule has 0 fully saturated rings. The molecule has 152 valence electrons. The molecule has 0 unspecified atom stereocenters. The van der Waals surface area contributed by atoms with Crippen molar-refractivity contribution < 1.29 is 9.18 Å². The molecular formula is C21H22ClFN4OS. The van der Waals surface area contributed by atoms with Crippen LogP contribution >= 0.6 is 22.9 Å². The van der Waals surface area contributed by atoms with Crippen LogP contribution in [0.5, 0.6) is 0 Å². The number of fused-ring (bicyclic) bond motifs is 1. The number of rotatable bonds is 6. The standard InChI is InChI=1S/C21H22ClFN4OS/c1-13-19(20(22)27(26-13)15-10-8-14(23)9-11-15)21(28)24-12-4-7-18-25-16-5-2-3-6-17(16)29-18/h8-11H,2-7,12H2,1H3,(H,24,28). The minimum atomic E-state index is -0.340. The highest BCUT2D eigenvalue weighted by Gasteiger charge is 2.21. The molecule has 2 aromatic heterocycles. The van der Waals surface area contributed by atoms with Gasteiger partial charge < -0.3 is 5.32 Å². The molecule has 8 heteroatoms. The van der Waals surface area contributed by atoms with Gasteiger partial charge in [0.1, 0.15) is 11.0 Å². The molecule has 5 nitrogen and oxygen atoms in total. The van der Waals surface area contributed by atoms with Gasteiger partial charge in [-0.3, -0.25) is 4.79 Å². The van der Waals surface area contributed by atoms with E-state index in [9.17, 15) is 9.18 Å². The van der Waals surface area contributed by atoms with E-state index < -0.39 is 0 Å². The molecule has 2 heterocycles. The van der Waals surface area contributed by atoms with E-state index in [1.54, 1.807) is 19.1 Å². The fourth-order valence-electron chi connectivity index (χ4n) is 3.55. The highest BCUT2D eigenvalue weighted by atomic mass is 35.5. The largest absolute Gasteiger partial charge is 0.352 e. The highest BCUT2D eigenvalue weighted by molar-refractivity contribution is 7.11. The van der Waals surface area contributed by atoms with Crippen LogP contribution in [0.2, 0.25) is 5.15 Å². The number of thiazole rings is 1. The van der Waals surface area contributed by atoms with Gasteiger partial charge in [-0.1, -0.05) is 11.6 Å². The predicted octanol–water partition coefficient (Wildman–Crippen LogP) is 4.67. The average Bonchev–Trinajstić information content (AvgIpc) is 3.25. The van der Waals surface area contributed by atoms with Gasteiger partial charge in [-0.05, 0) is 63.3 Å². The predicted molar refractivity (Wildman–Crippen MR) is 113 cm³/mol. The third-order valence-corrected chi connectivity index (χ3v) is 6.61. The molecular weight excluding hydrogens is 411 g/mol. The molecule has 0 saturated carbocycles. The van der Waals surface area contributed by atoms with Crippen LogP contribution in [0.15, 0.2) is 24.3 Å². The lowest BCUT2D eigenvalue weighted by Crippen LogP contribution is -2.25. The second-order valence-electron chi connectivity index (χ2n) is 7.18. The maximum atomic E-state index is 13.1. The lowest BCUT2D eigenvalue weighted by atomic mass is 10.0. The molecule has 1 aromatic carbocycles. The van der Waals surface area contributed by atoms with Crippen molar-refractivity contribution in [1.29, 1.82) is 0 Å². The third kappa shape index (κ3) is 4.36. The van der Waals surface area contributed by atoms with E-state index in [1.807, 2.05) is 11.3 Å². The van der Waals surface area contributed by atoms with E-state index in [2.05, 4.69) is 10.4 Å². The summed E-state index contributed by atoms with van der Waals surface area (Å²) in [6, 6.07) is 5.81. The Balaban J connectivity index is 1.36. The van der Waals surface area contributed by atoms with E-state index in [0.29, 0.717) is 23.5 Å². The number of halogens is 2. The summed E-state index contributed by atoms with van der Waals surface area (Å²) < 4.78 is 14.6. The van der Waals surface area contributed by atoms with E-state index >= 15 is 0 Å². The molecule has 0 radical (unpaired) electrons. The van der Waals surface area contributed by atoms with Gasteiger partial charge in [-0.25, -0.2) is 14.1 Å². The Hall–Kier alpha value is -2.25. The van der Waals surface area contributed by atoms with Crippen LogP contribution in [0.25, 0.3) is 5.69 Å². The summed E-state index contributed by atoms with van der Waals surface area (Å²) in [6.45, 7) is 2.28. The molecule has 1 aliphatic carbocycles. The van der Waals surface area contributed by atoms with Gasteiger partial charge >= 0.3 is 0 Å². The molecule has 0 atom stereocenters. The number of aryl methyl sites for hydroxylation is 4. The normalized spacial score (nSPS) is 13.3. The van der Waals surface area contributed by atoms with Crippen LogP contribution in [0.3, 0.4) is 0 Å². The summed E-state index contributed by atoms with van der Waals surface area (Å²) in [5.74, 6) is -0.591. The Bertz CT molecular complexity index is 1000. The number of hydrogen-bond acceptors (Lipinski definition) is 4. The first-order valence-corrected chi connectivity index (χ1v) is 11.0. The lowest BCUT2D eigenvalue weighted by molar-refractivity contribution is 0.0952. The van der Waals surface area contributed by atoms with Crippen LogP contribution in [-0.2, 0) is 19.3 Å². The van der Waals surface area contributed by atoms with Crippen molar-refractivity contribution in [2.75, 3.05) is 6.54 Å². The number of hydrogen-bond donors (Lipinski definition) is 1. The van der Waals surface area contributed by atoms with E-state index in [-0.39, 0.29) is 16.9 Å². The average molecular weight is 433 g/mol. The summed E-state index contributed by atoms with van der Waals surface area (Å²) in [5.41, 5.74) is 2.76. The van der Waals surface area contributed by atoms with Crippen molar-refractivity contribution in [2.45, 2.75) is 45.4 Å². The van der Waals surface area contributed by atoms with Gasteiger partial charge in [-0.15, -0.1) is 11.3 Å². The van der Waals surface area contributed by atoms with Gasteiger partial charge in [0.15, 0.2) is 0 Å². The molecule has 0 aliphatic heterocycles. The molecule has 0 bridgehead atoms. The topological polar surface area (TPSA) is 59.8 Å². The zero-order chi connectivity index (χ0) is 20.4. The number of carbonyl (C=O) groups is 1. The number of aromatic nitrogens is 3. The maximum Gasteiger partial charge on any atom is 0.256 e. The Kier molecular flexibility index (Phi) is 5.96. The van der Waals surface area contributed by atoms with Crippen molar-refractivity contribution in [3.05, 3.63) is 62.1 Å². The van der Waals surface area contributed by atoms with Gasteiger partial charge in [0.2, 0.25) is 0 Å². The summed E-state index contributed by atoms with van der Waals surface area (Å²) in [7, 11) is 0. The smallest absolute Gasteiger partial charge is 0.256 e. The SMILES string of the molecule is Cc1nn(-c2ccc(F)cc2)c(Cl)c1C(=O)NCCCc1nc2c(s1)CCCC2. The molecule has 29 heavy (non-hydrogen) atoms. The van der Waals surface area contributed by atoms with Crippen molar-refractivity contribution >= 4 is 28.8 Å². The molecule has 0 saturated heterocycles. The van der Waals surface area contributed by atoms with E-state index in [0.717, 1.165) is 30.7 Å². The number of carbonyl (C=O) groups excluding carboxylic acids is 1. The van der Waals surface area contributed by atoms with Crippen molar-refractivity contribution in [3.63, 3.8) is 0 Å². The molecule has 3 aromatic rings. The second kappa shape index (κ2) is 8.63. The van der Waals surface area contributed by atoms with Gasteiger partial charge in [0, 0.05) is 17.8 Å². The Morgan fingerprint density at radius 2 is 2.03 bits per heavy atom. The monoisotopic (exact) mass is 432 g/mol. The summed E-state index contributed by atoms with van der Waals surface area (Å²) in [6.07, 6.45) is 6.42. The van der Waals surface area contributed by atoms with Crippen LogP contribution in [0, 0.1) is 12.7 Å². The quantitative estimate of drug-likeness (QED) is 0.576. The minimum absolute atomic E-state index is 0.221. The lowest BCUT2D eigenvalue weighted by Gasteiger charge is -2.06. The minimum Gasteiger partial charge on any atom is -0.352 e. The van der Waals surface area contributed by atoms with Gasteiger partial charge in [0.25, 0.3) is 5.91 Å². The first-order valence-electron chi connectivity index (χ1n) is 9.79. The molecule has 1 N–H and O–H groups in total. The summed E-state index contributed by atoms with van der Waals surface area (Å²) in [4.78, 5) is 18.8. The fraction of sp³-hybridized carbons (Fsp3) is 0.381. The summed E-state index contributed by atoms with van der Waals surface area (Å²) in [5, 5.41) is 8.64. The van der Waals surface area contributed by atoms with Crippen LogP contribution in [-0.4, -0.2) is 27.2 Å². The van der Waals surface area contributed by atoms with E-state index in [1.165, 1.54) is 40.2 Å². The van der Waals surface area contributed by atoms with E-state index in [4.69, 9.17) is 16.6 Å². The number of benzene rings is 1. The number of nitrogens with one attached hydrogen (secondary N) is 1. The maximum absolute atomic E-state index is 13.1. The van der Waals surface area contributed by atoms with Crippen LogP contribution < -0.4 is 5.32 Å². The molecule has 4 rings (SSSR count). The van der Waals surface area contributed by atoms with Crippen molar-refractivity contribution in [1.82, 2.24) is 20.1 Å². The van der Waals surface area contributed by atoms with Crippen molar-refractivity contribution in [3.8, 4) is 5.69 Å². The first-order chi connectivity index (χ1) is 14.0. The molecule has 1 amide bonds. The number of amides is 1. The van der Waals surface area contributed by atoms with Gasteiger partial charge in [0.05, 0.1) is 27.6 Å². The van der Waals surface area contributed by atoms with Crippen LogP contribution in [0.1, 0.15) is 50.9 Å². The van der Waals surface area contributed by atoms with Crippen molar-refractivity contribution in [2.24, 2.45) is 0 Å². The fourth-order valence-corrected chi connectivity index (χ4v) is 5.11. The Morgan fingerprint density at radius 1 is 1.28 bits per heavy atom. The zero-order valence-electron chi connectivity index (χ0n) is 16.2. The molecule has 1 aliphatic rings. The highest BCUT2D eigenvalue weighted by Crippen LogP contribution is 2.27. The second-order valence-corrected chi connectivity index (χ2v) is 8.71. The third-order valence-electron chi connectivity index (χ3n) is 5.05. The number of nitrogens with zero attached hydrogens (tertiary/aromatic N) is 3. The van der Waals surface area contributed by atoms with Gasteiger partial charge in [-0.2, -0.15) is 5.10 Å².